The summed E-state index contributed by atoms with van der Waals surface area (Å²) in [5.74, 6) is -0.805. The number of carbonyl (C=O) groups is 2. The molecule has 0 radical (unpaired) electrons. The van der Waals surface area contributed by atoms with Crippen molar-refractivity contribution in [2.24, 2.45) is 0 Å². The lowest BCUT2D eigenvalue weighted by Crippen LogP contribution is -2.54. The quantitative estimate of drug-likeness (QED) is 0.172. The van der Waals surface area contributed by atoms with Crippen molar-refractivity contribution < 1.29 is 27.7 Å². The van der Waals surface area contributed by atoms with Gasteiger partial charge in [-0.05, 0) is 62.4 Å². The zero-order chi connectivity index (χ0) is 33.4. The first-order valence-corrected chi connectivity index (χ1v) is 17.0. The van der Waals surface area contributed by atoms with E-state index in [2.05, 4.69) is 5.32 Å². The third kappa shape index (κ3) is 8.16. The molecule has 0 heterocycles. The Balaban J connectivity index is 1.77. The minimum absolute atomic E-state index is 0.0255. The number of hydrogen-bond donors (Lipinski definition) is 1. The highest BCUT2D eigenvalue weighted by molar-refractivity contribution is 7.92. The number of sulfonamides is 1. The number of aryl methyl sites for hydroxylation is 1. The number of nitrogens with zero attached hydrogens (tertiary/aromatic N) is 3. The van der Waals surface area contributed by atoms with Gasteiger partial charge in [-0.25, -0.2) is 8.42 Å². The summed E-state index contributed by atoms with van der Waals surface area (Å²) < 4.78 is 34.9. The predicted octanol–water partition coefficient (Wildman–Crippen LogP) is 5.67. The number of nitro groups is 1. The van der Waals surface area contributed by atoms with Crippen molar-refractivity contribution in [1.29, 1.82) is 0 Å². The zero-order valence-corrected chi connectivity index (χ0v) is 27.7. The number of ether oxygens (including phenoxy) is 1. The Labute approximate surface area is 274 Å². The van der Waals surface area contributed by atoms with Crippen LogP contribution >= 0.6 is 11.6 Å². The van der Waals surface area contributed by atoms with E-state index in [4.69, 9.17) is 16.3 Å². The van der Waals surface area contributed by atoms with Gasteiger partial charge in [-0.3, -0.25) is 24.0 Å². The molecule has 0 bridgehead atoms. The summed E-state index contributed by atoms with van der Waals surface area (Å²) in [6.45, 7) is 2.74. The van der Waals surface area contributed by atoms with Gasteiger partial charge in [-0.15, -0.1) is 0 Å². The molecule has 1 unspecified atom stereocenters. The first-order chi connectivity index (χ1) is 22.0. The highest BCUT2D eigenvalue weighted by Gasteiger charge is 2.36. The van der Waals surface area contributed by atoms with E-state index in [1.54, 1.807) is 0 Å². The second kappa shape index (κ2) is 15.4. The molecular weight excluding hydrogens is 632 g/mol. The molecule has 1 atom stereocenters. The van der Waals surface area contributed by atoms with Crippen molar-refractivity contribution in [2.75, 3.05) is 24.5 Å². The summed E-state index contributed by atoms with van der Waals surface area (Å²) in [6.07, 6.45) is 4.49. The number of halogens is 1. The van der Waals surface area contributed by atoms with E-state index in [9.17, 15) is 28.1 Å². The molecule has 1 N–H and O–H groups in total. The molecule has 0 saturated heterocycles. The molecule has 1 aliphatic rings. The van der Waals surface area contributed by atoms with Crippen molar-refractivity contribution in [3.05, 3.63) is 93.0 Å². The Kier molecular flexibility index (Phi) is 11.6. The van der Waals surface area contributed by atoms with Crippen molar-refractivity contribution >= 4 is 44.8 Å². The number of benzene rings is 3. The first-order valence-electron chi connectivity index (χ1n) is 15.2. The molecule has 1 fully saturated rings. The summed E-state index contributed by atoms with van der Waals surface area (Å²) in [5, 5.41) is 15.0. The van der Waals surface area contributed by atoms with Gasteiger partial charge in [0.15, 0.2) is 0 Å². The van der Waals surface area contributed by atoms with Crippen molar-refractivity contribution in [3.63, 3.8) is 0 Å². The third-order valence-corrected chi connectivity index (χ3v) is 10.2. The van der Waals surface area contributed by atoms with Gasteiger partial charge in [0.2, 0.25) is 11.8 Å². The van der Waals surface area contributed by atoms with Crippen LogP contribution in [-0.4, -0.2) is 62.3 Å². The van der Waals surface area contributed by atoms with Gasteiger partial charge in [0.25, 0.3) is 15.7 Å². The van der Waals surface area contributed by atoms with Gasteiger partial charge >= 0.3 is 0 Å². The Hall–Kier alpha value is -4.16. The molecule has 0 aromatic heterocycles. The number of nitrogens with one attached hydrogen (secondary N) is 1. The Morgan fingerprint density at radius 2 is 1.78 bits per heavy atom. The lowest BCUT2D eigenvalue weighted by molar-refractivity contribution is -0.385. The van der Waals surface area contributed by atoms with E-state index in [1.807, 2.05) is 37.3 Å². The molecule has 0 aliphatic heterocycles. The van der Waals surface area contributed by atoms with E-state index >= 15 is 0 Å². The predicted molar refractivity (Wildman–Crippen MR) is 177 cm³/mol. The topological polar surface area (TPSA) is 139 Å². The highest BCUT2D eigenvalue weighted by Crippen LogP contribution is 2.36. The molecular formula is C33H39ClN4O7S. The maximum absolute atomic E-state index is 14.3. The number of nitro benzene ring substituents is 1. The fraction of sp³-hybridized carbons (Fsp3) is 0.394. The molecule has 1 aliphatic carbocycles. The fourth-order valence-electron chi connectivity index (χ4n) is 5.71. The first kappa shape index (κ1) is 34.7. The third-order valence-electron chi connectivity index (χ3n) is 8.23. The van der Waals surface area contributed by atoms with Crippen LogP contribution in [0, 0.1) is 17.0 Å². The SMILES string of the molecule is CCC(C(=O)NC1CCCC1)N(CCc1ccccc1)C(=O)CN(c1cc(Cl)ccc1OC)S(=O)(=O)c1ccc(C)c([N+](=O)[O-])c1. The average molecular weight is 671 g/mol. The molecule has 46 heavy (non-hydrogen) atoms. The van der Waals surface area contributed by atoms with Gasteiger partial charge in [-0.2, -0.15) is 0 Å². The second-order valence-electron chi connectivity index (χ2n) is 11.3. The second-order valence-corrected chi connectivity index (χ2v) is 13.6. The largest absolute Gasteiger partial charge is 0.495 e. The zero-order valence-electron chi connectivity index (χ0n) is 26.1. The van der Waals surface area contributed by atoms with E-state index < -0.39 is 33.4 Å². The van der Waals surface area contributed by atoms with Crippen LogP contribution in [0.1, 0.15) is 50.2 Å². The van der Waals surface area contributed by atoms with Gasteiger partial charge in [0, 0.05) is 29.2 Å². The van der Waals surface area contributed by atoms with Crippen LogP contribution in [0.3, 0.4) is 0 Å². The highest BCUT2D eigenvalue weighted by atomic mass is 35.5. The fourth-order valence-corrected chi connectivity index (χ4v) is 7.31. The van der Waals surface area contributed by atoms with Crippen LogP contribution in [0.4, 0.5) is 11.4 Å². The van der Waals surface area contributed by atoms with Gasteiger partial charge in [-0.1, -0.05) is 67.8 Å². The van der Waals surface area contributed by atoms with Crippen LogP contribution < -0.4 is 14.4 Å². The molecule has 1 saturated carbocycles. The normalized spacial score (nSPS) is 14.0. The lowest BCUT2D eigenvalue weighted by Gasteiger charge is -2.34. The van der Waals surface area contributed by atoms with Crippen LogP contribution in [-0.2, 0) is 26.0 Å². The molecule has 3 aromatic rings. The minimum atomic E-state index is -4.60. The smallest absolute Gasteiger partial charge is 0.273 e. The monoisotopic (exact) mass is 670 g/mol. The Bertz CT molecular complexity index is 1660. The van der Waals surface area contributed by atoms with Gasteiger partial charge in [0.1, 0.15) is 18.3 Å². The van der Waals surface area contributed by atoms with Crippen molar-refractivity contribution in [3.8, 4) is 5.75 Å². The van der Waals surface area contributed by atoms with Crippen LogP contribution in [0.15, 0.2) is 71.6 Å². The number of methoxy groups -OCH3 is 1. The molecule has 2 amide bonds. The lowest BCUT2D eigenvalue weighted by atomic mass is 10.1. The number of carbonyl (C=O) groups excluding carboxylic acids is 2. The van der Waals surface area contributed by atoms with Crippen LogP contribution in [0.2, 0.25) is 5.02 Å². The Morgan fingerprint density at radius 3 is 2.41 bits per heavy atom. The summed E-state index contributed by atoms with van der Waals surface area (Å²) in [7, 11) is -3.25. The van der Waals surface area contributed by atoms with E-state index in [1.165, 1.54) is 49.3 Å². The Morgan fingerprint density at radius 1 is 1.09 bits per heavy atom. The number of amides is 2. The molecule has 3 aromatic carbocycles. The van der Waals surface area contributed by atoms with Crippen molar-refractivity contribution in [1.82, 2.24) is 10.2 Å². The van der Waals surface area contributed by atoms with Crippen LogP contribution in [0.25, 0.3) is 0 Å². The maximum Gasteiger partial charge on any atom is 0.273 e. The minimum Gasteiger partial charge on any atom is -0.495 e. The summed E-state index contributed by atoms with van der Waals surface area (Å²) in [6, 6.07) is 16.5. The van der Waals surface area contributed by atoms with E-state index in [-0.39, 0.29) is 51.1 Å². The maximum atomic E-state index is 14.3. The van der Waals surface area contributed by atoms with Gasteiger partial charge in [0.05, 0.1) is 22.6 Å². The van der Waals surface area contributed by atoms with Gasteiger partial charge < -0.3 is 15.0 Å². The summed E-state index contributed by atoms with van der Waals surface area (Å²) in [4.78, 5) is 40.0. The standard InChI is InChI=1S/C33H39ClN4O7S/c1-4-28(33(40)35-26-12-8-9-13-26)36(19-18-24-10-6-5-7-11-24)32(39)22-37(30-20-25(34)15-17-31(30)45-3)46(43,44)27-16-14-23(2)29(21-27)38(41)42/h5-7,10-11,14-17,20-21,26,28H,4,8-9,12-13,18-19,22H2,1-3H3,(H,35,40). The number of hydrogen-bond acceptors (Lipinski definition) is 7. The van der Waals surface area contributed by atoms with Crippen LogP contribution in [0.5, 0.6) is 5.75 Å². The molecule has 11 nitrogen and oxygen atoms in total. The molecule has 13 heteroatoms. The summed E-state index contributed by atoms with van der Waals surface area (Å²) in [5.41, 5.74) is 0.806. The molecule has 0 spiro atoms. The number of anilines is 1. The summed E-state index contributed by atoms with van der Waals surface area (Å²) >= 11 is 6.30. The van der Waals surface area contributed by atoms with E-state index in [0.717, 1.165) is 41.6 Å². The molecule has 4 rings (SSSR count). The average Bonchev–Trinajstić information content (AvgIpc) is 3.55. The molecule has 246 valence electrons. The van der Waals surface area contributed by atoms with E-state index in [0.29, 0.717) is 12.8 Å². The number of rotatable bonds is 14. The van der Waals surface area contributed by atoms with Crippen molar-refractivity contribution in [2.45, 2.75) is 69.4 Å².